The normalized spacial score (nSPS) is 21.8. The van der Waals surface area contributed by atoms with Gasteiger partial charge in [-0.25, -0.2) is 9.78 Å². The molecule has 5 heteroatoms. The van der Waals surface area contributed by atoms with Gasteiger partial charge in [-0.05, 0) is 79.3 Å². The summed E-state index contributed by atoms with van der Waals surface area (Å²) in [6, 6.07) is 5.14. The smallest absolute Gasteiger partial charge is 0.416 e. The molecule has 0 bridgehead atoms. The van der Waals surface area contributed by atoms with E-state index in [1.165, 1.54) is 18.4 Å². The molecule has 0 unspecified atom stereocenters. The SMILES string of the molecule is CC(C)N1CCCC[C@@H]1c1cccnc1N(C(=O)OC(C)(C)C)C1CCC1. The third-order valence-corrected chi connectivity index (χ3v) is 5.64. The van der Waals surface area contributed by atoms with Gasteiger partial charge < -0.3 is 4.74 Å². The van der Waals surface area contributed by atoms with Crippen LogP contribution in [0.5, 0.6) is 0 Å². The summed E-state index contributed by atoms with van der Waals surface area (Å²) in [5, 5.41) is 0. The molecule has 1 saturated carbocycles. The highest BCUT2D eigenvalue weighted by atomic mass is 16.6. The maximum Gasteiger partial charge on any atom is 0.416 e. The Bertz CT molecular complexity index is 649. The van der Waals surface area contributed by atoms with Crippen LogP contribution < -0.4 is 4.90 Å². The number of pyridine rings is 1. The predicted molar refractivity (Wildman–Crippen MR) is 109 cm³/mol. The van der Waals surface area contributed by atoms with Crippen LogP contribution in [0, 0.1) is 0 Å². The summed E-state index contributed by atoms with van der Waals surface area (Å²) in [5.41, 5.74) is 0.659. The van der Waals surface area contributed by atoms with Gasteiger partial charge in [-0.15, -0.1) is 0 Å². The van der Waals surface area contributed by atoms with Gasteiger partial charge in [-0.3, -0.25) is 9.80 Å². The fraction of sp³-hybridized carbons (Fsp3) is 0.727. The maximum absolute atomic E-state index is 13.1. The first-order valence-corrected chi connectivity index (χ1v) is 10.5. The zero-order valence-corrected chi connectivity index (χ0v) is 17.6. The van der Waals surface area contributed by atoms with Gasteiger partial charge in [-0.1, -0.05) is 12.5 Å². The Morgan fingerprint density at radius 2 is 1.96 bits per heavy atom. The number of aromatic nitrogens is 1. The van der Waals surface area contributed by atoms with Gasteiger partial charge >= 0.3 is 6.09 Å². The van der Waals surface area contributed by atoms with Crippen molar-refractivity contribution < 1.29 is 9.53 Å². The molecule has 1 aromatic rings. The molecule has 150 valence electrons. The molecular weight excluding hydrogens is 338 g/mol. The molecule has 0 spiro atoms. The van der Waals surface area contributed by atoms with Crippen LogP contribution in [0.2, 0.25) is 0 Å². The molecule has 1 amide bonds. The van der Waals surface area contributed by atoms with Crippen LogP contribution in [0.4, 0.5) is 10.6 Å². The zero-order chi connectivity index (χ0) is 19.6. The minimum Gasteiger partial charge on any atom is -0.443 e. The van der Waals surface area contributed by atoms with Crippen LogP contribution in [0.3, 0.4) is 0 Å². The lowest BCUT2D eigenvalue weighted by Gasteiger charge is -2.42. The van der Waals surface area contributed by atoms with Crippen molar-refractivity contribution in [1.29, 1.82) is 0 Å². The van der Waals surface area contributed by atoms with Gasteiger partial charge in [-0.2, -0.15) is 0 Å². The number of ether oxygens (including phenoxy) is 1. The number of anilines is 1. The second-order valence-electron chi connectivity index (χ2n) is 9.19. The second-order valence-corrected chi connectivity index (χ2v) is 9.19. The molecule has 0 N–H and O–H groups in total. The third-order valence-electron chi connectivity index (χ3n) is 5.64. The van der Waals surface area contributed by atoms with Crippen molar-refractivity contribution in [2.45, 2.75) is 96.9 Å². The third kappa shape index (κ3) is 4.63. The molecule has 5 nitrogen and oxygen atoms in total. The summed E-state index contributed by atoms with van der Waals surface area (Å²) in [6.07, 6.45) is 8.32. The second kappa shape index (κ2) is 8.17. The zero-order valence-electron chi connectivity index (χ0n) is 17.6. The van der Waals surface area contributed by atoms with Gasteiger partial charge in [0, 0.05) is 29.9 Å². The molecular formula is C22H35N3O2. The van der Waals surface area contributed by atoms with Crippen molar-refractivity contribution in [3.05, 3.63) is 23.9 Å². The Morgan fingerprint density at radius 3 is 2.56 bits per heavy atom. The Kier molecular flexibility index (Phi) is 6.09. The highest BCUT2D eigenvalue weighted by molar-refractivity contribution is 5.88. The Balaban J connectivity index is 1.97. The average Bonchev–Trinajstić information content (AvgIpc) is 2.56. The number of rotatable bonds is 4. The van der Waals surface area contributed by atoms with Gasteiger partial charge in [0.15, 0.2) is 0 Å². The molecule has 0 radical (unpaired) electrons. The topological polar surface area (TPSA) is 45.7 Å². The number of amides is 1. The number of carbonyl (C=O) groups is 1. The minimum absolute atomic E-state index is 0.199. The van der Waals surface area contributed by atoms with E-state index in [2.05, 4.69) is 24.8 Å². The van der Waals surface area contributed by atoms with Crippen LogP contribution in [-0.4, -0.2) is 40.2 Å². The number of nitrogens with zero attached hydrogens (tertiary/aromatic N) is 3. The standard InChI is InChI=1S/C22H35N3O2/c1-16(2)24-15-7-6-13-19(24)18-12-9-14-23-20(18)25(17-10-8-11-17)21(26)27-22(3,4)5/h9,12,14,16-17,19H,6-8,10-11,13,15H2,1-5H3/t19-/m1/s1. The lowest BCUT2D eigenvalue weighted by atomic mass is 9.90. The Labute approximate surface area is 164 Å². The molecule has 1 atom stereocenters. The fourth-order valence-electron chi connectivity index (χ4n) is 4.14. The van der Waals surface area contributed by atoms with E-state index in [0.29, 0.717) is 12.1 Å². The minimum atomic E-state index is -0.511. The largest absolute Gasteiger partial charge is 0.443 e. The van der Waals surface area contributed by atoms with Gasteiger partial charge in [0.25, 0.3) is 0 Å². The molecule has 1 aromatic heterocycles. The van der Waals surface area contributed by atoms with E-state index < -0.39 is 5.60 Å². The van der Waals surface area contributed by atoms with Gasteiger partial charge in [0.2, 0.25) is 0 Å². The van der Waals surface area contributed by atoms with E-state index in [0.717, 1.165) is 38.0 Å². The van der Waals surface area contributed by atoms with Crippen molar-refractivity contribution >= 4 is 11.9 Å². The van der Waals surface area contributed by atoms with Crippen molar-refractivity contribution in [2.75, 3.05) is 11.4 Å². The van der Waals surface area contributed by atoms with Gasteiger partial charge in [0.05, 0.1) is 0 Å². The van der Waals surface area contributed by atoms with E-state index in [4.69, 9.17) is 9.72 Å². The summed E-state index contributed by atoms with van der Waals surface area (Å²) < 4.78 is 5.76. The first-order valence-electron chi connectivity index (χ1n) is 10.5. The monoisotopic (exact) mass is 373 g/mol. The first-order chi connectivity index (χ1) is 12.8. The molecule has 2 fully saturated rings. The number of hydrogen-bond donors (Lipinski definition) is 0. The molecule has 2 heterocycles. The summed E-state index contributed by atoms with van der Waals surface area (Å²) >= 11 is 0. The number of piperidine rings is 1. The van der Waals surface area contributed by atoms with E-state index in [-0.39, 0.29) is 12.1 Å². The molecule has 2 aliphatic rings. The van der Waals surface area contributed by atoms with Crippen LogP contribution in [-0.2, 0) is 4.74 Å². The lowest BCUT2D eigenvalue weighted by Crippen LogP contribution is -2.48. The molecule has 1 saturated heterocycles. The summed E-state index contributed by atoms with van der Waals surface area (Å²) in [5.74, 6) is 0.800. The Hall–Kier alpha value is -1.62. The van der Waals surface area contributed by atoms with E-state index in [9.17, 15) is 4.79 Å². The highest BCUT2D eigenvalue weighted by Gasteiger charge is 2.37. The summed E-state index contributed by atoms with van der Waals surface area (Å²) in [7, 11) is 0. The van der Waals surface area contributed by atoms with E-state index >= 15 is 0 Å². The lowest BCUT2D eigenvalue weighted by molar-refractivity contribution is 0.0545. The maximum atomic E-state index is 13.1. The molecule has 1 aliphatic carbocycles. The van der Waals surface area contributed by atoms with Gasteiger partial charge in [0.1, 0.15) is 11.4 Å². The van der Waals surface area contributed by atoms with Crippen molar-refractivity contribution in [3.63, 3.8) is 0 Å². The summed E-state index contributed by atoms with van der Waals surface area (Å²) in [4.78, 5) is 22.2. The molecule has 3 rings (SSSR count). The number of likely N-dealkylation sites (tertiary alicyclic amines) is 1. The highest BCUT2D eigenvalue weighted by Crippen LogP contribution is 2.39. The Morgan fingerprint density at radius 1 is 1.22 bits per heavy atom. The number of carbonyl (C=O) groups excluding carboxylic acids is 1. The van der Waals surface area contributed by atoms with E-state index in [1.54, 1.807) is 6.20 Å². The van der Waals surface area contributed by atoms with Crippen LogP contribution >= 0.6 is 0 Å². The quantitative estimate of drug-likeness (QED) is 0.717. The first kappa shape index (κ1) is 20.1. The fourth-order valence-corrected chi connectivity index (χ4v) is 4.14. The van der Waals surface area contributed by atoms with E-state index in [1.807, 2.05) is 31.7 Å². The predicted octanol–water partition coefficient (Wildman–Crippen LogP) is 5.31. The average molecular weight is 374 g/mol. The van der Waals surface area contributed by atoms with Crippen molar-refractivity contribution in [1.82, 2.24) is 9.88 Å². The molecule has 27 heavy (non-hydrogen) atoms. The molecule has 0 aromatic carbocycles. The van der Waals surface area contributed by atoms with Crippen LogP contribution in [0.15, 0.2) is 18.3 Å². The molecule has 1 aliphatic heterocycles. The number of hydrogen-bond acceptors (Lipinski definition) is 4. The van der Waals surface area contributed by atoms with Crippen molar-refractivity contribution in [2.24, 2.45) is 0 Å². The summed E-state index contributed by atoms with van der Waals surface area (Å²) in [6.45, 7) is 11.4. The van der Waals surface area contributed by atoms with Crippen molar-refractivity contribution in [3.8, 4) is 0 Å². The van der Waals surface area contributed by atoms with Crippen LogP contribution in [0.25, 0.3) is 0 Å². The van der Waals surface area contributed by atoms with Crippen LogP contribution in [0.1, 0.15) is 84.7 Å².